The number of nitrogens with zero attached hydrogens (tertiary/aromatic N) is 1. The van der Waals surface area contributed by atoms with Gasteiger partial charge in [0.25, 0.3) is 0 Å². The van der Waals surface area contributed by atoms with E-state index in [0.29, 0.717) is 17.7 Å². The first-order valence-electron chi connectivity index (χ1n) is 9.78. The summed E-state index contributed by atoms with van der Waals surface area (Å²) in [5.74, 6) is -0.742. The SMILES string of the molecule is CCCCCCCCCOc1ccc(-c2ccc(C(=O)O)cc2)cc1[N+](=O)[O-]. The third-order valence-electron chi connectivity index (χ3n) is 4.63. The molecule has 6 heteroatoms. The minimum atomic E-state index is -1.01. The summed E-state index contributed by atoms with van der Waals surface area (Å²) in [5.41, 5.74) is 1.45. The van der Waals surface area contributed by atoms with E-state index in [4.69, 9.17) is 9.84 Å². The molecule has 6 nitrogen and oxygen atoms in total. The zero-order valence-electron chi connectivity index (χ0n) is 16.2. The quantitative estimate of drug-likeness (QED) is 0.271. The molecular weight excluding hydrogens is 358 g/mol. The van der Waals surface area contributed by atoms with E-state index in [1.54, 1.807) is 24.3 Å². The Bertz CT molecular complexity index is 786. The molecule has 2 rings (SSSR count). The van der Waals surface area contributed by atoms with Crippen LogP contribution in [-0.4, -0.2) is 22.6 Å². The number of ether oxygens (including phenoxy) is 1. The van der Waals surface area contributed by atoms with Gasteiger partial charge in [-0.1, -0.05) is 63.6 Å². The molecule has 150 valence electrons. The predicted octanol–water partition coefficient (Wildman–Crippen LogP) is 6.09. The third-order valence-corrected chi connectivity index (χ3v) is 4.63. The van der Waals surface area contributed by atoms with Crippen LogP contribution in [0.2, 0.25) is 0 Å². The van der Waals surface area contributed by atoms with Crippen LogP contribution < -0.4 is 4.74 Å². The van der Waals surface area contributed by atoms with E-state index in [9.17, 15) is 14.9 Å². The Morgan fingerprint density at radius 1 is 0.964 bits per heavy atom. The Kier molecular flexibility index (Phi) is 8.46. The van der Waals surface area contributed by atoms with Gasteiger partial charge in [-0.25, -0.2) is 4.79 Å². The molecule has 0 saturated carbocycles. The maximum Gasteiger partial charge on any atom is 0.335 e. The van der Waals surface area contributed by atoms with Gasteiger partial charge in [0.15, 0.2) is 5.75 Å². The highest BCUT2D eigenvalue weighted by Crippen LogP contribution is 2.32. The van der Waals surface area contributed by atoms with E-state index in [1.165, 1.54) is 43.9 Å². The van der Waals surface area contributed by atoms with Gasteiger partial charge in [0.05, 0.1) is 17.1 Å². The van der Waals surface area contributed by atoms with Crippen molar-refractivity contribution in [2.24, 2.45) is 0 Å². The summed E-state index contributed by atoms with van der Waals surface area (Å²) in [4.78, 5) is 21.9. The van der Waals surface area contributed by atoms with Crippen LogP contribution >= 0.6 is 0 Å². The average molecular weight is 385 g/mol. The Labute approximate surface area is 165 Å². The molecule has 0 heterocycles. The smallest absolute Gasteiger partial charge is 0.335 e. The minimum Gasteiger partial charge on any atom is -0.487 e. The molecule has 0 spiro atoms. The lowest BCUT2D eigenvalue weighted by atomic mass is 10.0. The number of carbonyl (C=O) groups is 1. The second kappa shape index (κ2) is 11.1. The molecule has 0 atom stereocenters. The predicted molar refractivity (Wildman–Crippen MR) is 109 cm³/mol. The number of unbranched alkanes of at least 4 members (excludes halogenated alkanes) is 6. The van der Waals surface area contributed by atoms with E-state index >= 15 is 0 Å². The number of benzene rings is 2. The Morgan fingerprint density at radius 3 is 2.18 bits per heavy atom. The molecule has 28 heavy (non-hydrogen) atoms. The maximum atomic E-state index is 11.4. The van der Waals surface area contributed by atoms with Crippen molar-refractivity contribution in [3.63, 3.8) is 0 Å². The lowest BCUT2D eigenvalue weighted by molar-refractivity contribution is -0.385. The van der Waals surface area contributed by atoms with Gasteiger partial charge in [-0.3, -0.25) is 10.1 Å². The monoisotopic (exact) mass is 385 g/mol. The summed E-state index contributed by atoms with van der Waals surface area (Å²) in [6.07, 6.45) is 8.09. The molecule has 0 aliphatic carbocycles. The highest BCUT2D eigenvalue weighted by molar-refractivity contribution is 5.88. The fraction of sp³-hybridized carbons (Fsp3) is 0.409. The Hall–Kier alpha value is -2.89. The molecule has 0 aromatic heterocycles. The topological polar surface area (TPSA) is 89.7 Å². The fourth-order valence-corrected chi connectivity index (χ4v) is 3.01. The zero-order valence-corrected chi connectivity index (χ0v) is 16.2. The summed E-state index contributed by atoms with van der Waals surface area (Å²) < 4.78 is 5.65. The molecule has 0 radical (unpaired) electrons. The van der Waals surface area contributed by atoms with Crippen molar-refractivity contribution in [1.29, 1.82) is 0 Å². The van der Waals surface area contributed by atoms with Crippen LogP contribution in [0.1, 0.15) is 62.2 Å². The van der Waals surface area contributed by atoms with Gasteiger partial charge in [-0.2, -0.15) is 0 Å². The standard InChI is InChI=1S/C22H27NO5/c1-2-3-4-5-6-7-8-15-28-21-14-13-19(16-20(21)23(26)27)17-9-11-18(12-10-17)22(24)25/h9-14,16H,2-8,15H2,1H3,(H,24,25). The molecule has 1 N–H and O–H groups in total. The number of carboxylic acid groups (broad SMARTS) is 1. The lowest BCUT2D eigenvalue weighted by Gasteiger charge is -2.09. The molecule has 2 aromatic carbocycles. The van der Waals surface area contributed by atoms with Crippen LogP contribution in [0.3, 0.4) is 0 Å². The van der Waals surface area contributed by atoms with Gasteiger partial charge in [-0.05, 0) is 35.7 Å². The van der Waals surface area contributed by atoms with Crippen LogP contribution in [0.5, 0.6) is 5.75 Å². The second-order valence-corrected chi connectivity index (χ2v) is 6.79. The van der Waals surface area contributed by atoms with Crippen molar-refractivity contribution in [2.45, 2.75) is 51.9 Å². The number of aromatic carboxylic acids is 1. The van der Waals surface area contributed by atoms with Crippen molar-refractivity contribution in [1.82, 2.24) is 0 Å². The summed E-state index contributed by atoms with van der Waals surface area (Å²) in [7, 11) is 0. The van der Waals surface area contributed by atoms with Crippen molar-refractivity contribution in [2.75, 3.05) is 6.61 Å². The number of carboxylic acids is 1. The lowest BCUT2D eigenvalue weighted by Crippen LogP contribution is -2.01. The zero-order chi connectivity index (χ0) is 20.4. The van der Waals surface area contributed by atoms with Crippen molar-refractivity contribution in [3.8, 4) is 16.9 Å². The van der Waals surface area contributed by atoms with Gasteiger partial charge in [0, 0.05) is 6.07 Å². The van der Waals surface area contributed by atoms with Gasteiger partial charge >= 0.3 is 11.7 Å². The normalized spacial score (nSPS) is 10.6. The number of nitro benzene ring substituents is 1. The first kappa shape index (κ1) is 21.4. The largest absolute Gasteiger partial charge is 0.487 e. The number of rotatable bonds is 12. The summed E-state index contributed by atoms with van der Waals surface area (Å²) >= 11 is 0. The van der Waals surface area contributed by atoms with Crippen LogP contribution in [0.25, 0.3) is 11.1 Å². The van der Waals surface area contributed by atoms with Crippen molar-refractivity contribution >= 4 is 11.7 Å². The van der Waals surface area contributed by atoms with Crippen LogP contribution in [-0.2, 0) is 0 Å². The van der Waals surface area contributed by atoms with Crippen molar-refractivity contribution < 1.29 is 19.6 Å². The van der Waals surface area contributed by atoms with Gasteiger partial charge in [-0.15, -0.1) is 0 Å². The maximum absolute atomic E-state index is 11.4. The molecule has 0 aliphatic heterocycles. The van der Waals surface area contributed by atoms with Crippen LogP contribution in [0.4, 0.5) is 5.69 Å². The number of hydrogen-bond donors (Lipinski definition) is 1. The molecule has 0 aliphatic rings. The Balaban J connectivity index is 1.97. The second-order valence-electron chi connectivity index (χ2n) is 6.79. The highest BCUT2D eigenvalue weighted by atomic mass is 16.6. The van der Waals surface area contributed by atoms with Gasteiger partial charge < -0.3 is 9.84 Å². The van der Waals surface area contributed by atoms with Crippen LogP contribution in [0.15, 0.2) is 42.5 Å². The molecule has 0 saturated heterocycles. The van der Waals surface area contributed by atoms with E-state index < -0.39 is 10.9 Å². The van der Waals surface area contributed by atoms with E-state index in [-0.39, 0.29) is 17.0 Å². The molecular formula is C22H27NO5. The van der Waals surface area contributed by atoms with E-state index in [0.717, 1.165) is 19.3 Å². The first-order valence-corrected chi connectivity index (χ1v) is 9.78. The summed E-state index contributed by atoms with van der Waals surface area (Å²) in [6, 6.07) is 11.1. The Morgan fingerprint density at radius 2 is 1.57 bits per heavy atom. The molecule has 0 amide bonds. The summed E-state index contributed by atoms with van der Waals surface area (Å²) in [5, 5.41) is 20.4. The summed E-state index contributed by atoms with van der Waals surface area (Å²) in [6.45, 7) is 2.65. The number of nitro groups is 1. The first-order chi connectivity index (χ1) is 13.5. The number of hydrogen-bond acceptors (Lipinski definition) is 4. The average Bonchev–Trinajstić information content (AvgIpc) is 2.70. The van der Waals surface area contributed by atoms with Crippen LogP contribution in [0, 0.1) is 10.1 Å². The van der Waals surface area contributed by atoms with E-state index in [2.05, 4.69) is 6.92 Å². The highest BCUT2D eigenvalue weighted by Gasteiger charge is 2.17. The van der Waals surface area contributed by atoms with Gasteiger partial charge in [0.1, 0.15) is 0 Å². The van der Waals surface area contributed by atoms with Gasteiger partial charge in [0.2, 0.25) is 0 Å². The van der Waals surface area contributed by atoms with Crippen molar-refractivity contribution in [3.05, 3.63) is 58.1 Å². The minimum absolute atomic E-state index is 0.0808. The van der Waals surface area contributed by atoms with E-state index in [1.807, 2.05) is 0 Å². The molecule has 0 fully saturated rings. The molecule has 2 aromatic rings. The fourth-order valence-electron chi connectivity index (χ4n) is 3.01. The molecule has 0 bridgehead atoms. The third kappa shape index (κ3) is 6.37. The molecule has 0 unspecified atom stereocenters.